The summed E-state index contributed by atoms with van der Waals surface area (Å²) in [6.07, 6.45) is 5.22. The second-order valence-electron chi connectivity index (χ2n) is 4.74. The van der Waals surface area contributed by atoms with Crippen LogP contribution in [0.2, 0.25) is 0 Å². The largest absolute Gasteiger partial charge is 0.308 e. The SMILES string of the molecule is C#CCSc1ccc(CNC(C)(C)C)cc1. The Bertz CT molecular complexity index is 354. The summed E-state index contributed by atoms with van der Waals surface area (Å²) >= 11 is 1.70. The Morgan fingerprint density at radius 3 is 2.38 bits per heavy atom. The van der Waals surface area contributed by atoms with Crippen molar-refractivity contribution in [2.75, 3.05) is 5.75 Å². The molecule has 0 unspecified atom stereocenters. The third-order valence-electron chi connectivity index (χ3n) is 2.07. The van der Waals surface area contributed by atoms with Gasteiger partial charge < -0.3 is 5.32 Å². The Balaban J connectivity index is 2.49. The molecule has 1 rings (SSSR count). The quantitative estimate of drug-likeness (QED) is 0.632. The van der Waals surface area contributed by atoms with Gasteiger partial charge in [0.1, 0.15) is 0 Å². The van der Waals surface area contributed by atoms with Crippen LogP contribution in [0.25, 0.3) is 0 Å². The average molecular weight is 233 g/mol. The van der Waals surface area contributed by atoms with E-state index in [9.17, 15) is 0 Å². The minimum absolute atomic E-state index is 0.164. The minimum Gasteiger partial charge on any atom is -0.308 e. The van der Waals surface area contributed by atoms with Crippen LogP contribution in [0.15, 0.2) is 29.2 Å². The molecule has 0 aromatic heterocycles. The van der Waals surface area contributed by atoms with E-state index in [0.29, 0.717) is 0 Å². The number of rotatable bonds is 4. The van der Waals surface area contributed by atoms with Gasteiger partial charge in [0.05, 0.1) is 5.75 Å². The summed E-state index contributed by atoms with van der Waals surface area (Å²) in [6.45, 7) is 7.42. The molecule has 1 nitrogen and oxygen atoms in total. The first-order valence-corrected chi connectivity index (χ1v) is 6.40. The molecule has 16 heavy (non-hydrogen) atoms. The van der Waals surface area contributed by atoms with Gasteiger partial charge in [-0.25, -0.2) is 0 Å². The number of hydrogen-bond donors (Lipinski definition) is 1. The van der Waals surface area contributed by atoms with Crippen LogP contribution in [-0.2, 0) is 6.54 Å². The van der Waals surface area contributed by atoms with E-state index in [1.54, 1.807) is 11.8 Å². The lowest BCUT2D eigenvalue weighted by Gasteiger charge is -2.20. The van der Waals surface area contributed by atoms with Crippen molar-refractivity contribution < 1.29 is 0 Å². The summed E-state index contributed by atoms with van der Waals surface area (Å²) in [7, 11) is 0. The first-order chi connectivity index (χ1) is 7.51. The molecule has 0 saturated carbocycles. The van der Waals surface area contributed by atoms with Crippen molar-refractivity contribution in [2.24, 2.45) is 0 Å². The Labute approximate surface area is 103 Å². The fraction of sp³-hybridized carbons (Fsp3) is 0.429. The highest BCUT2D eigenvalue weighted by molar-refractivity contribution is 7.99. The Kier molecular flexibility index (Phi) is 4.92. The maximum atomic E-state index is 5.22. The topological polar surface area (TPSA) is 12.0 Å². The molecule has 0 aliphatic heterocycles. The Morgan fingerprint density at radius 1 is 1.25 bits per heavy atom. The van der Waals surface area contributed by atoms with E-state index in [1.807, 2.05) is 0 Å². The van der Waals surface area contributed by atoms with Crippen molar-refractivity contribution in [3.8, 4) is 12.3 Å². The number of benzene rings is 1. The lowest BCUT2D eigenvalue weighted by atomic mass is 10.1. The highest BCUT2D eigenvalue weighted by atomic mass is 32.2. The van der Waals surface area contributed by atoms with Crippen LogP contribution in [0.1, 0.15) is 26.3 Å². The van der Waals surface area contributed by atoms with Gasteiger partial charge in [0.25, 0.3) is 0 Å². The summed E-state index contributed by atoms with van der Waals surface area (Å²) in [5, 5.41) is 3.46. The maximum Gasteiger partial charge on any atom is 0.0592 e. The molecule has 0 fully saturated rings. The standard InChI is InChI=1S/C14H19NS/c1-5-10-16-13-8-6-12(7-9-13)11-15-14(2,3)4/h1,6-9,15H,10-11H2,2-4H3. The molecule has 0 radical (unpaired) electrons. The zero-order chi connectivity index (χ0) is 12.0. The summed E-state index contributed by atoms with van der Waals surface area (Å²) in [5.74, 6) is 3.36. The van der Waals surface area contributed by atoms with Crippen LogP contribution < -0.4 is 5.32 Å². The van der Waals surface area contributed by atoms with E-state index in [1.165, 1.54) is 10.5 Å². The predicted octanol–water partition coefficient (Wildman–Crippen LogP) is 3.30. The molecule has 0 saturated heterocycles. The molecule has 1 N–H and O–H groups in total. The molecule has 0 spiro atoms. The predicted molar refractivity (Wildman–Crippen MR) is 72.6 cm³/mol. The first-order valence-electron chi connectivity index (χ1n) is 5.41. The monoisotopic (exact) mass is 233 g/mol. The van der Waals surface area contributed by atoms with Crippen LogP contribution in [0.5, 0.6) is 0 Å². The van der Waals surface area contributed by atoms with Crippen molar-refractivity contribution in [1.82, 2.24) is 5.32 Å². The highest BCUT2D eigenvalue weighted by Crippen LogP contribution is 2.17. The van der Waals surface area contributed by atoms with Crippen molar-refractivity contribution >= 4 is 11.8 Å². The van der Waals surface area contributed by atoms with Crippen LogP contribution >= 0.6 is 11.8 Å². The molecule has 0 heterocycles. The fourth-order valence-corrected chi connectivity index (χ4v) is 1.77. The number of thioether (sulfide) groups is 1. The molecular formula is C14H19NS. The second-order valence-corrected chi connectivity index (χ2v) is 5.79. The third-order valence-corrected chi connectivity index (χ3v) is 2.98. The van der Waals surface area contributed by atoms with Crippen molar-refractivity contribution in [3.05, 3.63) is 29.8 Å². The highest BCUT2D eigenvalue weighted by Gasteiger charge is 2.07. The summed E-state index contributed by atoms with van der Waals surface area (Å²) in [5.41, 5.74) is 1.47. The van der Waals surface area contributed by atoms with Crippen LogP contribution in [0, 0.1) is 12.3 Å². The van der Waals surface area contributed by atoms with E-state index in [4.69, 9.17) is 6.42 Å². The lowest BCUT2D eigenvalue weighted by Crippen LogP contribution is -2.35. The van der Waals surface area contributed by atoms with Crippen LogP contribution in [0.4, 0.5) is 0 Å². The summed E-state index contributed by atoms with van der Waals surface area (Å²) < 4.78 is 0. The van der Waals surface area contributed by atoms with E-state index < -0.39 is 0 Å². The van der Waals surface area contributed by atoms with Crippen molar-refractivity contribution in [3.63, 3.8) is 0 Å². The van der Waals surface area contributed by atoms with Crippen molar-refractivity contribution in [2.45, 2.75) is 37.8 Å². The lowest BCUT2D eigenvalue weighted by molar-refractivity contribution is 0.424. The number of nitrogens with one attached hydrogen (secondary N) is 1. The summed E-state index contributed by atoms with van der Waals surface area (Å²) in [6, 6.07) is 8.55. The average Bonchev–Trinajstić information content (AvgIpc) is 2.24. The third kappa shape index (κ3) is 5.25. The van der Waals surface area contributed by atoms with E-state index >= 15 is 0 Å². The van der Waals surface area contributed by atoms with Crippen LogP contribution in [0.3, 0.4) is 0 Å². The normalized spacial score (nSPS) is 11.1. The fourth-order valence-electron chi connectivity index (χ4n) is 1.20. The molecular weight excluding hydrogens is 214 g/mol. The zero-order valence-corrected chi connectivity index (χ0v) is 11.0. The minimum atomic E-state index is 0.164. The van der Waals surface area contributed by atoms with E-state index in [-0.39, 0.29) is 5.54 Å². The van der Waals surface area contributed by atoms with Gasteiger partial charge in [-0.15, -0.1) is 18.2 Å². The van der Waals surface area contributed by atoms with Gasteiger partial charge in [-0.05, 0) is 38.5 Å². The smallest absolute Gasteiger partial charge is 0.0592 e. The van der Waals surface area contributed by atoms with E-state index in [2.05, 4.69) is 56.3 Å². The molecule has 0 bridgehead atoms. The zero-order valence-electron chi connectivity index (χ0n) is 10.2. The Hall–Kier alpha value is -0.910. The second kappa shape index (κ2) is 5.98. The van der Waals surface area contributed by atoms with Gasteiger partial charge >= 0.3 is 0 Å². The first kappa shape index (κ1) is 13.2. The Morgan fingerprint density at radius 2 is 1.88 bits per heavy atom. The van der Waals surface area contributed by atoms with Crippen LogP contribution in [-0.4, -0.2) is 11.3 Å². The molecule has 2 heteroatoms. The van der Waals surface area contributed by atoms with Crippen molar-refractivity contribution in [1.29, 1.82) is 0 Å². The number of hydrogen-bond acceptors (Lipinski definition) is 2. The maximum absolute atomic E-state index is 5.22. The van der Waals surface area contributed by atoms with Gasteiger partial charge in [-0.1, -0.05) is 18.1 Å². The summed E-state index contributed by atoms with van der Waals surface area (Å²) in [4.78, 5) is 1.23. The molecule has 1 aromatic carbocycles. The molecule has 0 aliphatic carbocycles. The van der Waals surface area contributed by atoms with Gasteiger partial charge in [-0.3, -0.25) is 0 Å². The van der Waals surface area contributed by atoms with Gasteiger partial charge in [0.15, 0.2) is 0 Å². The van der Waals surface area contributed by atoms with E-state index in [0.717, 1.165) is 12.3 Å². The number of terminal acetylenes is 1. The molecule has 1 aromatic rings. The molecule has 0 amide bonds. The molecule has 0 aliphatic rings. The van der Waals surface area contributed by atoms with Gasteiger partial charge in [0, 0.05) is 17.0 Å². The molecule has 0 atom stereocenters. The molecule has 86 valence electrons. The van der Waals surface area contributed by atoms with Gasteiger partial charge in [0.2, 0.25) is 0 Å². The van der Waals surface area contributed by atoms with Gasteiger partial charge in [-0.2, -0.15) is 0 Å².